The molecule has 0 unspecified atom stereocenters. The summed E-state index contributed by atoms with van der Waals surface area (Å²) in [5.74, 6) is 1.31. The van der Waals surface area contributed by atoms with Crippen LogP contribution in [0.5, 0.6) is 5.75 Å². The van der Waals surface area contributed by atoms with Gasteiger partial charge in [-0.3, -0.25) is 4.99 Å². The molecule has 1 aromatic rings. The van der Waals surface area contributed by atoms with E-state index in [1.54, 1.807) is 30.1 Å². The van der Waals surface area contributed by atoms with Crippen molar-refractivity contribution in [1.29, 1.82) is 0 Å². The molecule has 0 bridgehead atoms. The molecule has 70 valence electrons. The normalized spacial score (nSPS) is 10.8. The van der Waals surface area contributed by atoms with Gasteiger partial charge in [0, 0.05) is 24.1 Å². The molecule has 0 aromatic heterocycles. The highest BCUT2D eigenvalue weighted by Gasteiger charge is 1.93. The van der Waals surface area contributed by atoms with Gasteiger partial charge in [-0.05, 0) is 18.4 Å². The molecule has 0 spiro atoms. The molecule has 13 heavy (non-hydrogen) atoms. The van der Waals surface area contributed by atoms with Crippen LogP contribution in [0.1, 0.15) is 5.56 Å². The lowest BCUT2D eigenvalue weighted by Gasteiger charge is -1.96. The number of phenols is 1. The van der Waals surface area contributed by atoms with Crippen LogP contribution >= 0.6 is 11.8 Å². The molecule has 0 saturated carbocycles. The van der Waals surface area contributed by atoms with Gasteiger partial charge >= 0.3 is 0 Å². The third-order valence-electron chi connectivity index (χ3n) is 1.59. The second kappa shape index (κ2) is 5.65. The molecule has 1 aromatic carbocycles. The molecular weight excluding hydrogens is 182 g/mol. The fourth-order valence-corrected chi connectivity index (χ4v) is 1.19. The Bertz CT molecular complexity index is 286. The van der Waals surface area contributed by atoms with Crippen LogP contribution in [-0.2, 0) is 0 Å². The summed E-state index contributed by atoms with van der Waals surface area (Å²) in [4.78, 5) is 4.19. The zero-order valence-corrected chi connectivity index (χ0v) is 8.42. The van der Waals surface area contributed by atoms with E-state index in [1.165, 1.54) is 0 Å². The van der Waals surface area contributed by atoms with Crippen LogP contribution in [0, 0.1) is 0 Å². The summed E-state index contributed by atoms with van der Waals surface area (Å²) in [7, 11) is 0. The van der Waals surface area contributed by atoms with Crippen LogP contribution in [0.15, 0.2) is 29.3 Å². The molecule has 1 rings (SSSR count). The highest BCUT2D eigenvalue weighted by Crippen LogP contribution is 2.12. The van der Waals surface area contributed by atoms with E-state index in [0.29, 0.717) is 0 Å². The first-order chi connectivity index (χ1) is 6.34. The smallest absolute Gasteiger partial charge is 0.124 e. The minimum absolute atomic E-state index is 0.287. The molecule has 0 fully saturated rings. The fraction of sp³-hybridized carbons (Fsp3) is 0.300. The van der Waals surface area contributed by atoms with Crippen molar-refractivity contribution in [2.45, 2.75) is 0 Å². The van der Waals surface area contributed by atoms with Crippen LogP contribution in [0.3, 0.4) is 0 Å². The summed E-state index contributed by atoms with van der Waals surface area (Å²) in [5, 5.41) is 9.37. The van der Waals surface area contributed by atoms with Gasteiger partial charge in [0.05, 0.1) is 0 Å². The maximum atomic E-state index is 9.37. The largest absolute Gasteiger partial charge is 0.507 e. The minimum Gasteiger partial charge on any atom is -0.507 e. The molecule has 0 heterocycles. The van der Waals surface area contributed by atoms with Crippen molar-refractivity contribution < 1.29 is 5.11 Å². The van der Waals surface area contributed by atoms with Gasteiger partial charge in [0.25, 0.3) is 0 Å². The van der Waals surface area contributed by atoms with Crippen molar-refractivity contribution in [2.24, 2.45) is 4.99 Å². The summed E-state index contributed by atoms with van der Waals surface area (Å²) in [6.45, 7) is 0.801. The Labute approximate surface area is 82.7 Å². The topological polar surface area (TPSA) is 32.6 Å². The van der Waals surface area contributed by atoms with E-state index >= 15 is 0 Å². The Morgan fingerprint density at radius 1 is 1.46 bits per heavy atom. The first kappa shape index (κ1) is 10.1. The number of aromatic hydroxyl groups is 1. The summed E-state index contributed by atoms with van der Waals surface area (Å²) in [5.41, 5.74) is 0.781. The Kier molecular flexibility index (Phi) is 4.40. The van der Waals surface area contributed by atoms with Gasteiger partial charge in [0.2, 0.25) is 0 Å². The third-order valence-corrected chi connectivity index (χ3v) is 2.18. The van der Waals surface area contributed by atoms with Gasteiger partial charge in [-0.15, -0.1) is 0 Å². The van der Waals surface area contributed by atoms with Gasteiger partial charge < -0.3 is 5.11 Å². The van der Waals surface area contributed by atoms with Crippen LogP contribution < -0.4 is 0 Å². The van der Waals surface area contributed by atoms with Crippen molar-refractivity contribution in [3.8, 4) is 5.75 Å². The minimum atomic E-state index is 0.287. The molecule has 0 radical (unpaired) electrons. The lowest BCUT2D eigenvalue weighted by atomic mass is 10.2. The molecule has 0 saturated heterocycles. The summed E-state index contributed by atoms with van der Waals surface area (Å²) in [6.07, 6.45) is 3.76. The lowest BCUT2D eigenvalue weighted by Crippen LogP contribution is -1.87. The molecule has 3 heteroatoms. The molecule has 2 nitrogen and oxygen atoms in total. The molecule has 0 amide bonds. The van der Waals surface area contributed by atoms with Crippen molar-refractivity contribution in [2.75, 3.05) is 18.6 Å². The Morgan fingerprint density at radius 3 is 2.92 bits per heavy atom. The van der Waals surface area contributed by atoms with Crippen LogP contribution in [0.4, 0.5) is 0 Å². The summed E-state index contributed by atoms with van der Waals surface area (Å²) >= 11 is 1.76. The number of hydrogen-bond acceptors (Lipinski definition) is 3. The number of hydrogen-bond donors (Lipinski definition) is 1. The van der Waals surface area contributed by atoms with E-state index in [9.17, 15) is 5.11 Å². The van der Waals surface area contributed by atoms with Crippen molar-refractivity contribution >= 4 is 18.0 Å². The van der Waals surface area contributed by atoms with Crippen LogP contribution in [-0.4, -0.2) is 29.9 Å². The number of thioether (sulfide) groups is 1. The predicted octanol–water partition coefficient (Wildman–Crippen LogP) is 2.17. The number of aliphatic imine (C=N–C) groups is 1. The fourth-order valence-electron chi connectivity index (χ4n) is 0.904. The Morgan fingerprint density at radius 2 is 2.23 bits per heavy atom. The third kappa shape index (κ3) is 3.51. The number of nitrogens with zero attached hydrogens (tertiary/aromatic N) is 1. The summed E-state index contributed by atoms with van der Waals surface area (Å²) < 4.78 is 0. The average Bonchev–Trinajstić information content (AvgIpc) is 2.15. The number of phenolic OH excluding ortho intramolecular Hbond substituents is 1. The molecule has 0 aliphatic rings. The number of para-hydroxylation sites is 1. The standard InChI is InChI=1S/C10H13NOS/c1-13-7-6-11-8-9-4-2-3-5-10(9)12/h2-5,8,12H,6-7H2,1H3. The second-order valence-electron chi connectivity index (χ2n) is 2.59. The Balaban J connectivity index is 2.53. The molecule has 1 N–H and O–H groups in total. The maximum absolute atomic E-state index is 9.37. The zero-order valence-electron chi connectivity index (χ0n) is 7.60. The lowest BCUT2D eigenvalue weighted by molar-refractivity contribution is 0.474. The summed E-state index contributed by atoms with van der Waals surface area (Å²) in [6, 6.07) is 7.19. The zero-order chi connectivity index (χ0) is 9.52. The van der Waals surface area contributed by atoms with Gasteiger partial charge in [-0.25, -0.2) is 0 Å². The number of benzene rings is 1. The van der Waals surface area contributed by atoms with E-state index in [0.717, 1.165) is 17.9 Å². The van der Waals surface area contributed by atoms with Crippen LogP contribution in [0.25, 0.3) is 0 Å². The molecule has 0 aliphatic heterocycles. The van der Waals surface area contributed by atoms with Crippen molar-refractivity contribution in [3.63, 3.8) is 0 Å². The molecule has 0 aliphatic carbocycles. The van der Waals surface area contributed by atoms with Gasteiger partial charge in [-0.2, -0.15) is 11.8 Å². The Hall–Kier alpha value is -0.960. The van der Waals surface area contributed by atoms with E-state index in [-0.39, 0.29) is 5.75 Å². The van der Waals surface area contributed by atoms with Crippen molar-refractivity contribution in [1.82, 2.24) is 0 Å². The highest BCUT2D eigenvalue weighted by molar-refractivity contribution is 7.98. The van der Waals surface area contributed by atoms with Crippen molar-refractivity contribution in [3.05, 3.63) is 29.8 Å². The molecular formula is C10H13NOS. The number of rotatable bonds is 4. The van der Waals surface area contributed by atoms with E-state index in [4.69, 9.17) is 0 Å². The first-order valence-corrected chi connectivity index (χ1v) is 5.50. The second-order valence-corrected chi connectivity index (χ2v) is 3.57. The van der Waals surface area contributed by atoms with Crippen LogP contribution in [0.2, 0.25) is 0 Å². The SMILES string of the molecule is CSCCN=Cc1ccccc1O. The van der Waals surface area contributed by atoms with Gasteiger partial charge in [-0.1, -0.05) is 12.1 Å². The predicted molar refractivity (Wildman–Crippen MR) is 58.9 cm³/mol. The van der Waals surface area contributed by atoms with E-state index in [1.807, 2.05) is 12.1 Å². The molecule has 0 atom stereocenters. The van der Waals surface area contributed by atoms with Gasteiger partial charge in [0.1, 0.15) is 5.75 Å². The monoisotopic (exact) mass is 195 g/mol. The first-order valence-electron chi connectivity index (χ1n) is 4.11. The highest BCUT2D eigenvalue weighted by atomic mass is 32.2. The van der Waals surface area contributed by atoms with E-state index in [2.05, 4.69) is 11.2 Å². The quantitative estimate of drug-likeness (QED) is 0.590. The maximum Gasteiger partial charge on any atom is 0.124 e. The van der Waals surface area contributed by atoms with Gasteiger partial charge in [0.15, 0.2) is 0 Å². The van der Waals surface area contributed by atoms with E-state index < -0.39 is 0 Å². The average molecular weight is 195 g/mol.